The highest BCUT2D eigenvalue weighted by atomic mass is 16.5. The minimum absolute atomic E-state index is 0.0311. The number of aliphatic carboxylic acids is 1. The Hall–Kier alpha value is -2.60. The van der Waals surface area contributed by atoms with Gasteiger partial charge in [0.1, 0.15) is 12.4 Å². The number of amides is 1. The van der Waals surface area contributed by atoms with E-state index in [4.69, 9.17) is 9.15 Å². The van der Waals surface area contributed by atoms with Crippen LogP contribution in [0.2, 0.25) is 0 Å². The summed E-state index contributed by atoms with van der Waals surface area (Å²) in [6.07, 6.45) is 0.351. The van der Waals surface area contributed by atoms with Crippen LogP contribution >= 0.6 is 0 Å². The van der Waals surface area contributed by atoms with Crippen molar-refractivity contribution >= 4 is 11.9 Å². The van der Waals surface area contributed by atoms with Crippen molar-refractivity contribution < 1.29 is 23.8 Å². The van der Waals surface area contributed by atoms with Crippen molar-refractivity contribution in [2.45, 2.75) is 13.0 Å². The molecular weight excluding hydrogens is 298 g/mol. The molecule has 2 N–H and O–H groups in total. The Morgan fingerprint density at radius 1 is 1.22 bits per heavy atom. The van der Waals surface area contributed by atoms with E-state index in [1.165, 1.54) is 13.2 Å². The Morgan fingerprint density at radius 2 is 1.96 bits per heavy atom. The Morgan fingerprint density at radius 3 is 2.61 bits per heavy atom. The molecule has 0 aliphatic heterocycles. The summed E-state index contributed by atoms with van der Waals surface area (Å²) in [6.45, 7) is 0.308. The van der Waals surface area contributed by atoms with Crippen LogP contribution in [0.5, 0.6) is 0 Å². The van der Waals surface area contributed by atoms with Gasteiger partial charge in [0.25, 0.3) is 5.91 Å². The number of rotatable bonds is 8. The van der Waals surface area contributed by atoms with E-state index in [0.29, 0.717) is 12.2 Å². The Labute approximate surface area is 134 Å². The van der Waals surface area contributed by atoms with E-state index in [0.717, 1.165) is 5.56 Å². The molecule has 0 spiro atoms. The summed E-state index contributed by atoms with van der Waals surface area (Å²) < 4.78 is 10.2. The molecule has 1 unspecified atom stereocenters. The number of carboxylic acid groups (broad SMARTS) is 1. The van der Waals surface area contributed by atoms with Gasteiger partial charge in [-0.1, -0.05) is 30.3 Å². The summed E-state index contributed by atoms with van der Waals surface area (Å²) in [5.41, 5.74) is 0.912. The zero-order valence-corrected chi connectivity index (χ0v) is 12.8. The molecule has 2 aromatic rings. The van der Waals surface area contributed by atoms with E-state index in [9.17, 15) is 14.7 Å². The summed E-state index contributed by atoms with van der Waals surface area (Å²) in [4.78, 5) is 23.4. The zero-order valence-electron chi connectivity index (χ0n) is 12.8. The molecule has 0 aliphatic carbocycles. The third kappa shape index (κ3) is 4.96. The lowest BCUT2D eigenvalue weighted by atomic mass is 9.99. The molecule has 1 aromatic heterocycles. The van der Waals surface area contributed by atoms with Gasteiger partial charge < -0.3 is 19.6 Å². The lowest BCUT2D eigenvalue weighted by molar-refractivity contribution is -0.141. The maximum absolute atomic E-state index is 12.0. The fraction of sp³-hybridized carbons (Fsp3) is 0.294. The molecule has 6 nitrogen and oxygen atoms in total. The van der Waals surface area contributed by atoms with Gasteiger partial charge >= 0.3 is 5.97 Å². The van der Waals surface area contributed by atoms with Gasteiger partial charge in [-0.3, -0.25) is 9.59 Å². The monoisotopic (exact) mass is 317 g/mol. The number of benzene rings is 1. The van der Waals surface area contributed by atoms with Crippen LogP contribution in [0.1, 0.15) is 21.9 Å². The highest BCUT2D eigenvalue weighted by Crippen LogP contribution is 2.11. The van der Waals surface area contributed by atoms with Crippen molar-refractivity contribution in [3.8, 4) is 0 Å². The quantitative estimate of drug-likeness (QED) is 0.778. The smallest absolute Gasteiger partial charge is 0.308 e. The number of furan rings is 1. The van der Waals surface area contributed by atoms with Gasteiger partial charge in [-0.25, -0.2) is 0 Å². The number of methoxy groups -OCH3 is 1. The van der Waals surface area contributed by atoms with Gasteiger partial charge in [-0.05, 0) is 24.1 Å². The van der Waals surface area contributed by atoms with Crippen molar-refractivity contribution in [2.24, 2.45) is 5.92 Å². The van der Waals surface area contributed by atoms with Crippen LogP contribution in [0.4, 0.5) is 0 Å². The maximum atomic E-state index is 12.0. The first-order chi connectivity index (χ1) is 11.1. The van der Waals surface area contributed by atoms with Crippen molar-refractivity contribution in [2.75, 3.05) is 13.7 Å². The lowest BCUT2D eigenvalue weighted by Gasteiger charge is -2.13. The first-order valence-corrected chi connectivity index (χ1v) is 7.22. The van der Waals surface area contributed by atoms with Crippen LogP contribution in [-0.2, 0) is 22.6 Å². The van der Waals surface area contributed by atoms with Crippen LogP contribution in [0.15, 0.2) is 46.9 Å². The fourth-order valence-corrected chi connectivity index (χ4v) is 2.17. The van der Waals surface area contributed by atoms with Crippen molar-refractivity contribution in [3.63, 3.8) is 0 Å². The predicted octanol–water partition coefficient (Wildman–Crippen LogP) is 2.10. The van der Waals surface area contributed by atoms with Crippen LogP contribution in [-0.4, -0.2) is 30.6 Å². The summed E-state index contributed by atoms with van der Waals surface area (Å²) in [6, 6.07) is 12.5. The van der Waals surface area contributed by atoms with Gasteiger partial charge in [0, 0.05) is 13.7 Å². The third-order valence-electron chi connectivity index (χ3n) is 3.36. The Balaban J connectivity index is 1.92. The molecule has 1 aromatic carbocycles. The number of carboxylic acids is 1. The van der Waals surface area contributed by atoms with Crippen LogP contribution < -0.4 is 5.32 Å². The highest BCUT2D eigenvalue weighted by molar-refractivity contribution is 5.91. The molecule has 1 heterocycles. The average Bonchev–Trinajstić information content (AvgIpc) is 3.01. The average molecular weight is 317 g/mol. The van der Waals surface area contributed by atoms with Crippen molar-refractivity contribution in [1.29, 1.82) is 0 Å². The first kappa shape index (κ1) is 16.8. The molecule has 122 valence electrons. The van der Waals surface area contributed by atoms with E-state index in [-0.39, 0.29) is 18.9 Å². The van der Waals surface area contributed by atoms with Gasteiger partial charge in [0.2, 0.25) is 0 Å². The van der Waals surface area contributed by atoms with Crippen molar-refractivity contribution in [1.82, 2.24) is 5.32 Å². The van der Waals surface area contributed by atoms with Gasteiger partial charge in [-0.2, -0.15) is 0 Å². The van der Waals surface area contributed by atoms with E-state index in [1.807, 2.05) is 30.3 Å². The molecule has 1 atom stereocenters. The second kappa shape index (κ2) is 8.14. The van der Waals surface area contributed by atoms with Gasteiger partial charge in [-0.15, -0.1) is 0 Å². The summed E-state index contributed by atoms with van der Waals surface area (Å²) in [5, 5.41) is 11.9. The van der Waals surface area contributed by atoms with E-state index in [1.54, 1.807) is 6.07 Å². The summed E-state index contributed by atoms with van der Waals surface area (Å²) in [5.74, 6) is -1.41. The topological polar surface area (TPSA) is 88.8 Å². The molecule has 23 heavy (non-hydrogen) atoms. The first-order valence-electron chi connectivity index (χ1n) is 7.22. The van der Waals surface area contributed by atoms with Gasteiger partial charge in [0.05, 0.1) is 5.92 Å². The molecule has 0 saturated heterocycles. The molecule has 6 heteroatoms. The molecule has 1 amide bonds. The molecule has 0 bridgehead atoms. The SMILES string of the molecule is COCc1ccc(C(=O)NCC(Cc2ccccc2)C(=O)O)o1. The number of nitrogens with one attached hydrogen (secondary N) is 1. The predicted molar refractivity (Wildman–Crippen MR) is 83.0 cm³/mol. The third-order valence-corrected chi connectivity index (χ3v) is 3.36. The van der Waals surface area contributed by atoms with Crippen molar-refractivity contribution in [3.05, 3.63) is 59.5 Å². The second-order valence-corrected chi connectivity index (χ2v) is 5.13. The van der Waals surface area contributed by atoms with Gasteiger partial charge in [0.15, 0.2) is 5.76 Å². The van der Waals surface area contributed by atoms with Crippen LogP contribution in [0, 0.1) is 5.92 Å². The van der Waals surface area contributed by atoms with E-state index >= 15 is 0 Å². The van der Waals surface area contributed by atoms with Crippen LogP contribution in [0.25, 0.3) is 0 Å². The largest absolute Gasteiger partial charge is 0.481 e. The Kier molecular flexibility index (Phi) is 5.94. The lowest BCUT2D eigenvalue weighted by Crippen LogP contribution is -2.33. The Bertz CT molecular complexity index is 650. The molecular formula is C17H19NO5. The minimum atomic E-state index is -0.950. The highest BCUT2D eigenvalue weighted by Gasteiger charge is 2.20. The molecule has 0 aliphatic rings. The molecule has 0 fully saturated rings. The number of hydrogen-bond donors (Lipinski definition) is 2. The minimum Gasteiger partial charge on any atom is -0.481 e. The maximum Gasteiger partial charge on any atom is 0.308 e. The fourth-order valence-electron chi connectivity index (χ4n) is 2.17. The number of hydrogen-bond acceptors (Lipinski definition) is 4. The number of carbonyl (C=O) groups is 2. The zero-order chi connectivity index (χ0) is 16.7. The normalized spacial score (nSPS) is 11.9. The summed E-state index contributed by atoms with van der Waals surface area (Å²) in [7, 11) is 1.53. The molecule has 2 rings (SSSR count). The standard InChI is InChI=1S/C17H19NO5/c1-22-11-14-7-8-15(23-14)16(19)18-10-13(17(20)21)9-12-5-3-2-4-6-12/h2-8,13H,9-11H2,1H3,(H,18,19)(H,20,21). The van der Waals surface area contributed by atoms with E-state index < -0.39 is 17.8 Å². The summed E-state index contributed by atoms with van der Waals surface area (Å²) >= 11 is 0. The molecule has 0 radical (unpaired) electrons. The molecule has 0 saturated carbocycles. The number of ether oxygens (including phenoxy) is 1. The van der Waals surface area contributed by atoms with E-state index in [2.05, 4.69) is 5.32 Å². The number of carbonyl (C=O) groups excluding carboxylic acids is 1. The second-order valence-electron chi connectivity index (χ2n) is 5.13. The van der Waals surface area contributed by atoms with Crippen LogP contribution in [0.3, 0.4) is 0 Å².